The molecule has 0 saturated carbocycles. The van der Waals surface area contributed by atoms with Gasteiger partial charge in [0.15, 0.2) is 11.5 Å². The standard InChI is InChI=1S/C19H19N7/c20-10-17-19(24-15-5-6-16-13(9-15)3-1-7-22-16)25-18(11-23-17)26-8-2-4-14(21)12-26/h1,3,5-7,9,11,14H,2,4,8,12,21H2,(H,24,25)/t14-/m1/s1. The van der Waals surface area contributed by atoms with Gasteiger partial charge in [0.1, 0.15) is 11.9 Å². The Hall–Kier alpha value is -3.24. The zero-order valence-electron chi connectivity index (χ0n) is 14.3. The van der Waals surface area contributed by atoms with Crippen molar-refractivity contribution in [2.75, 3.05) is 23.3 Å². The summed E-state index contributed by atoms with van der Waals surface area (Å²) in [5.74, 6) is 1.19. The van der Waals surface area contributed by atoms with E-state index in [0.717, 1.165) is 48.3 Å². The highest BCUT2D eigenvalue weighted by molar-refractivity contribution is 5.83. The van der Waals surface area contributed by atoms with E-state index in [1.807, 2.05) is 30.3 Å². The molecule has 0 unspecified atom stereocenters. The third kappa shape index (κ3) is 3.27. The number of fused-ring (bicyclic) bond motifs is 1. The molecule has 1 fully saturated rings. The summed E-state index contributed by atoms with van der Waals surface area (Å²) in [5, 5.41) is 13.6. The molecule has 7 heteroatoms. The van der Waals surface area contributed by atoms with Crippen LogP contribution in [0.3, 0.4) is 0 Å². The molecule has 130 valence electrons. The van der Waals surface area contributed by atoms with Crippen molar-refractivity contribution in [1.82, 2.24) is 15.0 Å². The topological polar surface area (TPSA) is 104 Å². The van der Waals surface area contributed by atoms with E-state index in [2.05, 4.69) is 31.2 Å². The molecule has 1 aromatic carbocycles. The number of aromatic nitrogens is 3. The van der Waals surface area contributed by atoms with Crippen LogP contribution in [0.5, 0.6) is 0 Å². The molecule has 4 rings (SSSR count). The largest absolute Gasteiger partial charge is 0.354 e. The molecule has 3 aromatic rings. The molecule has 0 amide bonds. The van der Waals surface area contributed by atoms with Gasteiger partial charge in [-0.15, -0.1) is 0 Å². The third-order valence-corrected chi connectivity index (χ3v) is 4.51. The number of nitrogens with zero attached hydrogens (tertiary/aromatic N) is 5. The van der Waals surface area contributed by atoms with Gasteiger partial charge in [-0.3, -0.25) is 4.98 Å². The van der Waals surface area contributed by atoms with Crippen LogP contribution in [-0.2, 0) is 0 Å². The number of hydrogen-bond donors (Lipinski definition) is 2. The maximum absolute atomic E-state index is 9.38. The summed E-state index contributed by atoms with van der Waals surface area (Å²) in [7, 11) is 0. The third-order valence-electron chi connectivity index (χ3n) is 4.51. The molecule has 0 aliphatic carbocycles. The summed E-state index contributed by atoms with van der Waals surface area (Å²) in [5.41, 5.74) is 8.09. The Morgan fingerprint density at radius 3 is 3.04 bits per heavy atom. The van der Waals surface area contributed by atoms with Gasteiger partial charge in [-0.25, -0.2) is 9.97 Å². The lowest BCUT2D eigenvalue weighted by Crippen LogP contribution is -2.43. The minimum absolute atomic E-state index is 0.144. The van der Waals surface area contributed by atoms with Crippen LogP contribution in [0.4, 0.5) is 17.3 Å². The Balaban J connectivity index is 1.65. The lowest BCUT2D eigenvalue weighted by molar-refractivity contribution is 0.503. The zero-order valence-corrected chi connectivity index (χ0v) is 14.3. The maximum Gasteiger partial charge on any atom is 0.183 e. The van der Waals surface area contributed by atoms with Gasteiger partial charge in [0.25, 0.3) is 0 Å². The second-order valence-electron chi connectivity index (χ2n) is 6.42. The lowest BCUT2D eigenvalue weighted by atomic mass is 10.1. The quantitative estimate of drug-likeness (QED) is 0.752. The van der Waals surface area contributed by atoms with Crippen molar-refractivity contribution in [2.45, 2.75) is 18.9 Å². The van der Waals surface area contributed by atoms with Gasteiger partial charge in [-0.1, -0.05) is 6.07 Å². The van der Waals surface area contributed by atoms with Crippen LogP contribution in [0, 0.1) is 11.3 Å². The number of anilines is 3. The summed E-state index contributed by atoms with van der Waals surface area (Å²) in [6.07, 6.45) is 5.47. The molecule has 3 heterocycles. The van der Waals surface area contributed by atoms with Gasteiger partial charge in [0.2, 0.25) is 0 Å². The van der Waals surface area contributed by atoms with Crippen LogP contribution in [0.1, 0.15) is 18.5 Å². The van der Waals surface area contributed by atoms with Crippen molar-refractivity contribution in [2.24, 2.45) is 5.73 Å². The first-order valence-corrected chi connectivity index (χ1v) is 8.62. The molecule has 1 atom stereocenters. The lowest BCUT2D eigenvalue weighted by Gasteiger charge is -2.31. The summed E-state index contributed by atoms with van der Waals surface area (Å²) < 4.78 is 0. The summed E-state index contributed by atoms with van der Waals surface area (Å²) in [6, 6.07) is 12.0. The van der Waals surface area contributed by atoms with Crippen molar-refractivity contribution in [3.05, 3.63) is 48.4 Å². The molecule has 0 spiro atoms. The molecule has 2 aromatic heterocycles. The normalized spacial score (nSPS) is 17.1. The maximum atomic E-state index is 9.38. The second kappa shape index (κ2) is 6.94. The summed E-state index contributed by atoms with van der Waals surface area (Å²) in [6.45, 7) is 1.65. The molecule has 26 heavy (non-hydrogen) atoms. The van der Waals surface area contributed by atoms with E-state index >= 15 is 0 Å². The van der Waals surface area contributed by atoms with E-state index in [4.69, 9.17) is 5.73 Å². The molecule has 3 N–H and O–H groups in total. The van der Waals surface area contributed by atoms with E-state index in [-0.39, 0.29) is 11.7 Å². The van der Waals surface area contributed by atoms with E-state index in [1.54, 1.807) is 12.4 Å². The number of rotatable bonds is 3. The van der Waals surface area contributed by atoms with E-state index in [9.17, 15) is 5.26 Å². The highest BCUT2D eigenvalue weighted by Crippen LogP contribution is 2.24. The van der Waals surface area contributed by atoms with Crippen LogP contribution in [-0.4, -0.2) is 34.1 Å². The average molecular weight is 345 g/mol. The predicted octanol–water partition coefficient (Wildman–Crippen LogP) is 2.57. The van der Waals surface area contributed by atoms with Crippen molar-refractivity contribution >= 4 is 28.2 Å². The number of piperidine rings is 1. The fourth-order valence-corrected chi connectivity index (χ4v) is 3.21. The van der Waals surface area contributed by atoms with Crippen LogP contribution >= 0.6 is 0 Å². The summed E-state index contributed by atoms with van der Waals surface area (Å²) >= 11 is 0. The highest BCUT2D eigenvalue weighted by Gasteiger charge is 2.19. The zero-order chi connectivity index (χ0) is 17.9. The fourth-order valence-electron chi connectivity index (χ4n) is 3.21. The molecule has 1 aliphatic heterocycles. The number of hydrogen-bond acceptors (Lipinski definition) is 7. The van der Waals surface area contributed by atoms with E-state index in [0.29, 0.717) is 5.82 Å². The average Bonchev–Trinajstić information content (AvgIpc) is 2.68. The second-order valence-corrected chi connectivity index (χ2v) is 6.42. The van der Waals surface area contributed by atoms with E-state index < -0.39 is 0 Å². The number of pyridine rings is 1. The Labute approximate surface area is 151 Å². The minimum atomic E-state index is 0.144. The predicted molar refractivity (Wildman–Crippen MR) is 101 cm³/mol. The molecule has 0 radical (unpaired) electrons. The number of nitrogens with one attached hydrogen (secondary N) is 1. The van der Waals surface area contributed by atoms with Gasteiger partial charge in [-0.2, -0.15) is 5.26 Å². The van der Waals surface area contributed by atoms with Gasteiger partial charge in [-0.05, 0) is 37.1 Å². The molecular formula is C19H19N7. The molecule has 1 saturated heterocycles. The number of benzene rings is 1. The SMILES string of the molecule is N#Cc1ncc(N2CCC[C@@H](N)C2)nc1Nc1ccc2ncccc2c1. The van der Waals surface area contributed by atoms with Crippen molar-refractivity contribution in [3.63, 3.8) is 0 Å². The molecule has 7 nitrogen and oxygen atoms in total. The number of nitrogens with two attached hydrogens (primary N) is 1. The van der Waals surface area contributed by atoms with Crippen LogP contribution in [0.25, 0.3) is 10.9 Å². The molecular weight excluding hydrogens is 326 g/mol. The van der Waals surface area contributed by atoms with Gasteiger partial charge >= 0.3 is 0 Å². The van der Waals surface area contributed by atoms with Crippen LogP contribution in [0.15, 0.2) is 42.7 Å². The van der Waals surface area contributed by atoms with E-state index in [1.165, 1.54) is 0 Å². The Morgan fingerprint density at radius 1 is 1.27 bits per heavy atom. The fraction of sp³-hybridized carbons (Fsp3) is 0.263. The summed E-state index contributed by atoms with van der Waals surface area (Å²) in [4.78, 5) is 15.4. The first kappa shape index (κ1) is 16.2. The highest BCUT2D eigenvalue weighted by atomic mass is 15.2. The first-order valence-electron chi connectivity index (χ1n) is 8.62. The van der Waals surface area contributed by atoms with Crippen molar-refractivity contribution in [3.8, 4) is 6.07 Å². The first-order chi connectivity index (χ1) is 12.7. The number of nitriles is 1. The van der Waals surface area contributed by atoms with Crippen molar-refractivity contribution in [1.29, 1.82) is 5.26 Å². The Kier molecular flexibility index (Phi) is 4.33. The van der Waals surface area contributed by atoms with Gasteiger partial charge in [0, 0.05) is 36.4 Å². The minimum Gasteiger partial charge on any atom is -0.354 e. The van der Waals surface area contributed by atoms with Crippen LogP contribution < -0.4 is 16.0 Å². The molecule has 1 aliphatic rings. The van der Waals surface area contributed by atoms with Crippen molar-refractivity contribution < 1.29 is 0 Å². The smallest absolute Gasteiger partial charge is 0.183 e. The Bertz CT molecular complexity index is 979. The monoisotopic (exact) mass is 345 g/mol. The Morgan fingerprint density at radius 2 is 2.19 bits per heavy atom. The van der Waals surface area contributed by atoms with Gasteiger partial charge < -0.3 is 16.0 Å². The van der Waals surface area contributed by atoms with Gasteiger partial charge in [0.05, 0.1) is 11.7 Å². The molecule has 0 bridgehead atoms. The van der Waals surface area contributed by atoms with Crippen LogP contribution in [0.2, 0.25) is 0 Å².